The summed E-state index contributed by atoms with van der Waals surface area (Å²) in [6.07, 6.45) is 3.45. The van der Waals surface area contributed by atoms with Crippen molar-refractivity contribution >= 4 is 45.5 Å². The first-order valence-electron chi connectivity index (χ1n) is 9.59. The lowest BCUT2D eigenvalue weighted by Gasteiger charge is -2.20. The Balaban J connectivity index is 1.64. The largest absolute Gasteiger partial charge is 0.481 e. The number of halogens is 1. The monoisotopic (exact) mass is 422 g/mol. The van der Waals surface area contributed by atoms with Gasteiger partial charge in [-0.05, 0) is 59.7 Å². The average Bonchev–Trinajstić information content (AvgIpc) is 2.72. The molecule has 3 aromatic rings. The Bertz CT molecular complexity index is 1240. The standard InChI is InChI=1S/C23H19ClN2O4/c24-14-6-9-18-19(12-14)17-3-1-2-16(22(17)26-23(18)30)13-4-7-15(8-5-13)25-20(27)10-11-21(28)29/h2,4-9,12H,1,3,10-11H2,(H,25,27)(H,26,30)(H,28,29). The van der Waals surface area contributed by atoms with Crippen molar-refractivity contribution in [1.82, 2.24) is 4.98 Å². The van der Waals surface area contributed by atoms with Crippen molar-refractivity contribution in [1.29, 1.82) is 0 Å². The van der Waals surface area contributed by atoms with Crippen molar-refractivity contribution < 1.29 is 14.7 Å². The maximum Gasteiger partial charge on any atom is 0.303 e. The van der Waals surface area contributed by atoms with E-state index >= 15 is 0 Å². The predicted octanol–water partition coefficient (Wildman–Crippen LogP) is 4.36. The number of carbonyl (C=O) groups is 2. The summed E-state index contributed by atoms with van der Waals surface area (Å²) >= 11 is 6.17. The number of hydrogen-bond acceptors (Lipinski definition) is 3. The number of amides is 1. The van der Waals surface area contributed by atoms with E-state index in [0.717, 1.165) is 40.6 Å². The van der Waals surface area contributed by atoms with Gasteiger partial charge in [0.25, 0.3) is 5.56 Å². The molecule has 1 aliphatic carbocycles. The first-order chi connectivity index (χ1) is 14.4. The molecular weight excluding hydrogens is 404 g/mol. The number of H-pyrrole nitrogens is 1. The molecule has 0 unspecified atom stereocenters. The normalized spacial score (nSPS) is 12.9. The number of aromatic nitrogens is 1. The van der Waals surface area contributed by atoms with Crippen LogP contribution < -0.4 is 10.9 Å². The van der Waals surface area contributed by atoms with E-state index in [-0.39, 0.29) is 24.3 Å². The van der Waals surface area contributed by atoms with Gasteiger partial charge in [-0.2, -0.15) is 0 Å². The molecule has 0 radical (unpaired) electrons. The van der Waals surface area contributed by atoms with Crippen LogP contribution in [0.1, 0.15) is 36.1 Å². The molecule has 0 fully saturated rings. The first-order valence-corrected chi connectivity index (χ1v) is 9.97. The number of rotatable bonds is 5. The third-order valence-electron chi connectivity index (χ3n) is 5.15. The Morgan fingerprint density at radius 1 is 1.07 bits per heavy atom. The lowest BCUT2D eigenvalue weighted by molar-refractivity contribution is -0.138. The zero-order valence-electron chi connectivity index (χ0n) is 16.0. The molecule has 4 rings (SSSR count). The highest BCUT2D eigenvalue weighted by atomic mass is 35.5. The number of fused-ring (bicyclic) bond motifs is 3. The topological polar surface area (TPSA) is 99.3 Å². The number of carbonyl (C=O) groups excluding carboxylic acids is 1. The van der Waals surface area contributed by atoms with E-state index in [2.05, 4.69) is 16.4 Å². The van der Waals surface area contributed by atoms with Crippen LogP contribution >= 0.6 is 11.6 Å². The molecule has 0 spiro atoms. The number of aromatic amines is 1. The molecule has 30 heavy (non-hydrogen) atoms. The molecule has 3 N–H and O–H groups in total. The quantitative estimate of drug-likeness (QED) is 0.568. The van der Waals surface area contributed by atoms with Gasteiger partial charge in [0.1, 0.15) is 0 Å². The Morgan fingerprint density at radius 2 is 1.83 bits per heavy atom. The van der Waals surface area contributed by atoms with Gasteiger partial charge >= 0.3 is 5.97 Å². The Hall–Kier alpha value is -3.38. The minimum Gasteiger partial charge on any atom is -0.481 e. The fourth-order valence-electron chi connectivity index (χ4n) is 3.75. The van der Waals surface area contributed by atoms with Crippen LogP contribution in [-0.2, 0) is 16.0 Å². The van der Waals surface area contributed by atoms with E-state index < -0.39 is 5.97 Å². The van der Waals surface area contributed by atoms with Gasteiger partial charge in [0.05, 0.1) is 12.1 Å². The molecule has 6 nitrogen and oxygen atoms in total. The van der Waals surface area contributed by atoms with Gasteiger partial charge < -0.3 is 15.4 Å². The minimum atomic E-state index is -1.01. The van der Waals surface area contributed by atoms with Crippen LogP contribution in [0.15, 0.2) is 53.3 Å². The maximum atomic E-state index is 12.6. The molecule has 7 heteroatoms. The Kier molecular flexibility index (Phi) is 5.42. The van der Waals surface area contributed by atoms with Gasteiger partial charge in [0.15, 0.2) is 0 Å². The molecular formula is C23H19ClN2O4. The van der Waals surface area contributed by atoms with Crippen LogP contribution in [0.2, 0.25) is 5.02 Å². The maximum absolute atomic E-state index is 12.6. The molecule has 0 saturated heterocycles. The molecule has 0 atom stereocenters. The lowest BCUT2D eigenvalue weighted by atomic mass is 9.88. The first kappa shape index (κ1) is 19.9. The number of carboxylic acids is 1. The number of pyridine rings is 1. The Labute approximate surface area is 177 Å². The zero-order valence-corrected chi connectivity index (χ0v) is 16.8. The van der Waals surface area contributed by atoms with Crippen LogP contribution in [0.5, 0.6) is 0 Å². The van der Waals surface area contributed by atoms with Gasteiger partial charge in [-0.1, -0.05) is 29.8 Å². The van der Waals surface area contributed by atoms with Crippen molar-refractivity contribution in [3.05, 3.63) is 80.7 Å². The molecule has 1 aliphatic rings. The number of anilines is 1. The van der Waals surface area contributed by atoms with E-state index in [0.29, 0.717) is 16.1 Å². The smallest absolute Gasteiger partial charge is 0.303 e. The number of benzene rings is 2. The molecule has 152 valence electrons. The summed E-state index contributed by atoms with van der Waals surface area (Å²) in [6, 6.07) is 12.6. The SMILES string of the molecule is O=C(O)CCC(=O)Nc1ccc(C2=CCCc3c2[nH]c(=O)c2ccc(Cl)cc32)cc1. The number of hydrogen-bond donors (Lipinski definition) is 3. The summed E-state index contributed by atoms with van der Waals surface area (Å²) in [6.45, 7) is 0. The highest BCUT2D eigenvalue weighted by Gasteiger charge is 2.19. The van der Waals surface area contributed by atoms with E-state index in [1.165, 1.54) is 0 Å². The third-order valence-corrected chi connectivity index (χ3v) is 5.38. The highest BCUT2D eigenvalue weighted by Crippen LogP contribution is 2.34. The number of carboxylic acid groups (broad SMARTS) is 1. The molecule has 1 aromatic heterocycles. The van der Waals surface area contributed by atoms with E-state index in [9.17, 15) is 14.4 Å². The second-order valence-electron chi connectivity index (χ2n) is 7.17. The molecule has 0 aliphatic heterocycles. The zero-order chi connectivity index (χ0) is 21.3. The van der Waals surface area contributed by atoms with E-state index in [1.54, 1.807) is 24.3 Å². The summed E-state index contributed by atoms with van der Waals surface area (Å²) < 4.78 is 0. The van der Waals surface area contributed by atoms with Gasteiger partial charge in [-0.15, -0.1) is 0 Å². The predicted molar refractivity (Wildman–Crippen MR) is 117 cm³/mol. The molecule has 1 heterocycles. The molecule has 0 saturated carbocycles. The molecule has 1 amide bonds. The number of aryl methyl sites for hydroxylation is 1. The number of nitrogens with one attached hydrogen (secondary N) is 2. The van der Waals surface area contributed by atoms with Crippen molar-refractivity contribution in [3.63, 3.8) is 0 Å². The molecule has 2 aromatic carbocycles. The second kappa shape index (κ2) is 8.16. The van der Waals surface area contributed by atoms with E-state index in [4.69, 9.17) is 16.7 Å². The fraction of sp³-hybridized carbons (Fsp3) is 0.174. The third kappa shape index (κ3) is 4.00. The average molecular weight is 423 g/mol. The summed E-state index contributed by atoms with van der Waals surface area (Å²) in [4.78, 5) is 38.0. The summed E-state index contributed by atoms with van der Waals surface area (Å²) in [7, 11) is 0. The van der Waals surface area contributed by atoms with Crippen molar-refractivity contribution in [3.8, 4) is 0 Å². The second-order valence-corrected chi connectivity index (χ2v) is 7.61. The van der Waals surface area contributed by atoms with Crippen LogP contribution in [0.3, 0.4) is 0 Å². The van der Waals surface area contributed by atoms with E-state index in [1.807, 2.05) is 18.2 Å². The van der Waals surface area contributed by atoms with Crippen molar-refractivity contribution in [2.45, 2.75) is 25.7 Å². The van der Waals surface area contributed by atoms with Crippen LogP contribution in [0.4, 0.5) is 5.69 Å². The fourth-order valence-corrected chi connectivity index (χ4v) is 3.92. The van der Waals surface area contributed by atoms with Crippen LogP contribution in [0.25, 0.3) is 16.3 Å². The molecule has 0 bridgehead atoms. The Morgan fingerprint density at radius 3 is 2.57 bits per heavy atom. The van der Waals surface area contributed by atoms with Crippen molar-refractivity contribution in [2.75, 3.05) is 5.32 Å². The van der Waals surface area contributed by atoms with Gasteiger partial charge in [-0.3, -0.25) is 14.4 Å². The summed E-state index contributed by atoms with van der Waals surface area (Å²) in [5.74, 6) is -1.36. The summed E-state index contributed by atoms with van der Waals surface area (Å²) in [5, 5.41) is 13.4. The van der Waals surface area contributed by atoms with Crippen LogP contribution in [-0.4, -0.2) is 22.0 Å². The van der Waals surface area contributed by atoms with Crippen molar-refractivity contribution in [2.24, 2.45) is 0 Å². The van der Waals surface area contributed by atoms with Gasteiger partial charge in [-0.25, -0.2) is 0 Å². The summed E-state index contributed by atoms with van der Waals surface area (Å²) in [5.41, 5.74) is 4.13. The number of allylic oxidation sites excluding steroid dienone is 1. The highest BCUT2D eigenvalue weighted by molar-refractivity contribution is 6.31. The number of aliphatic carboxylic acids is 1. The van der Waals surface area contributed by atoms with Gasteiger partial charge in [0, 0.05) is 28.1 Å². The van der Waals surface area contributed by atoms with Gasteiger partial charge in [0.2, 0.25) is 5.91 Å². The minimum absolute atomic E-state index is 0.0769. The lowest BCUT2D eigenvalue weighted by Crippen LogP contribution is -2.15. The van der Waals surface area contributed by atoms with Crippen LogP contribution in [0, 0.1) is 0 Å².